The molecular weight excluding hydrogens is 338 g/mol. The molecule has 0 bridgehead atoms. The fraction of sp³-hybridized carbons (Fsp3) is 0.348. The smallest absolute Gasteiger partial charge is 0.250 e. The van der Waals surface area contributed by atoms with Gasteiger partial charge in [0.05, 0.1) is 20.3 Å². The minimum atomic E-state index is 0.0648. The zero-order chi connectivity index (χ0) is 19.0. The number of ether oxygens (including phenoxy) is 2. The third-order valence-electron chi connectivity index (χ3n) is 5.86. The van der Waals surface area contributed by atoms with E-state index in [0.717, 1.165) is 36.5 Å². The van der Waals surface area contributed by atoms with E-state index in [2.05, 4.69) is 24.3 Å². The van der Waals surface area contributed by atoms with Gasteiger partial charge in [-0.1, -0.05) is 36.4 Å². The molecule has 2 aliphatic rings. The Morgan fingerprint density at radius 3 is 2.44 bits per heavy atom. The highest BCUT2D eigenvalue weighted by Gasteiger charge is 2.41. The molecule has 2 aromatic rings. The van der Waals surface area contributed by atoms with E-state index < -0.39 is 0 Å². The Kier molecular flexibility index (Phi) is 4.65. The molecule has 0 saturated carbocycles. The molecule has 1 fully saturated rings. The van der Waals surface area contributed by atoms with Crippen LogP contribution in [0.25, 0.3) is 0 Å². The molecule has 2 heterocycles. The number of benzene rings is 2. The summed E-state index contributed by atoms with van der Waals surface area (Å²) in [7, 11) is 3.31. The molecule has 1 amide bonds. The van der Waals surface area contributed by atoms with Crippen molar-refractivity contribution in [2.24, 2.45) is 0 Å². The second-order valence-electron chi connectivity index (χ2n) is 7.11. The first kappa shape index (κ1) is 17.7. The van der Waals surface area contributed by atoms with Gasteiger partial charge in [-0.05, 0) is 48.6 Å². The monoisotopic (exact) mass is 363 g/mol. The second-order valence-corrected chi connectivity index (χ2v) is 7.11. The molecule has 0 N–H and O–H groups in total. The molecule has 4 heteroatoms. The first-order valence-corrected chi connectivity index (χ1v) is 9.44. The predicted octanol–water partition coefficient (Wildman–Crippen LogP) is 4.26. The summed E-state index contributed by atoms with van der Waals surface area (Å²) in [5.41, 5.74) is 4.54. The van der Waals surface area contributed by atoms with E-state index in [-0.39, 0.29) is 17.9 Å². The molecule has 2 atom stereocenters. The van der Waals surface area contributed by atoms with E-state index >= 15 is 0 Å². The minimum absolute atomic E-state index is 0.0648. The molecule has 1 saturated heterocycles. The lowest BCUT2D eigenvalue weighted by Crippen LogP contribution is -2.46. The van der Waals surface area contributed by atoms with Crippen molar-refractivity contribution in [1.29, 1.82) is 0 Å². The number of fused-ring (bicyclic) bond motifs is 3. The summed E-state index contributed by atoms with van der Waals surface area (Å²) < 4.78 is 11.0. The van der Waals surface area contributed by atoms with Gasteiger partial charge in [0.25, 0.3) is 5.91 Å². The standard InChI is InChI=1S/C23H25NO3/c1-4-17-18(15-8-6-5-7-9-15)13-20-19-14-22(27-3)21(26-2)12-16(19)10-11-24(20)23(17)25/h4-9,12,14,18,20H,10-11,13H2,1-3H3/b17-4+/t18-,20-/m0/s1. The van der Waals surface area contributed by atoms with Crippen molar-refractivity contribution >= 4 is 5.91 Å². The van der Waals surface area contributed by atoms with Crippen molar-refractivity contribution in [3.05, 3.63) is 70.8 Å². The molecule has 0 spiro atoms. The minimum Gasteiger partial charge on any atom is -0.493 e. The van der Waals surface area contributed by atoms with Crippen LogP contribution in [-0.4, -0.2) is 31.6 Å². The topological polar surface area (TPSA) is 38.8 Å². The van der Waals surface area contributed by atoms with E-state index in [1.807, 2.05) is 36.1 Å². The number of piperidine rings is 1. The maximum Gasteiger partial charge on any atom is 0.250 e. The average Bonchev–Trinajstić information content (AvgIpc) is 2.72. The van der Waals surface area contributed by atoms with Gasteiger partial charge in [-0.2, -0.15) is 0 Å². The van der Waals surface area contributed by atoms with Crippen LogP contribution < -0.4 is 9.47 Å². The predicted molar refractivity (Wildman–Crippen MR) is 105 cm³/mol. The summed E-state index contributed by atoms with van der Waals surface area (Å²) in [6.45, 7) is 2.71. The number of carbonyl (C=O) groups is 1. The number of hydrogen-bond acceptors (Lipinski definition) is 3. The normalized spacial score (nSPS) is 23.0. The number of rotatable bonds is 3. The summed E-state index contributed by atoms with van der Waals surface area (Å²) in [5.74, 6) is 1.74. The maximum absolute atomic E-state index is 13.3. The van der Waals surface area contributed by atoms with Crippen LogP contribution >= 0.6 is 0 Å². The fourth-order valence-corrected chi connectivity index (χ4v) is 4.52. The molecule has 0 unspecified atom stereocenters. The van der Waals surface area contributed by atoms with Crippen molar-refractivity contribution < 1.29 is 14.3 Å². The molecular formula is C23H25NO3. The van der Waals surface area contributed by atoms with E-state index in [1.54, 1.807) is 14.2 Å². The van der Waals surface area contributed by atoms with E-state index in [9.17, 15) is 4.79 Å². The Labute approximate surface area is 160 Å². The van der Waals surface area contributed by atoms with Crippen LogP contribution in [0.1, 0.15) is 42.0 Å². The van der Waals surface area contributed by atoms with Gasteiger partial charge in [0.15, 0.2) is 11.5 Å². The van der Waals surface area contributed by atoms with Crippen LogP contribution in [0.15, 0.2) is 54.1 Å². The van der Waals surface area contributed by atoms with Gasteiger partial charge < -0.3 is 14.4 Å². The van der Waals surface area contributed by atoms with E-state index in [1.165, 1.54) is 16.7 Å². The van der Waals surface area contributed by atoms with Gasteiger partial charge in [0.1, 0.15) is 0 Å². The van der Waals surface area contributed by atoms with Gasteiger partial charge in [0.2, 0.25) is 0 Å². The number of methoxy groups -OCH3 is 2. The van der Waals surface area contributed by atoms with Crippen LogP contribution in [0.4, 0.5) is 0 Å². The number of nitrogens with zero attached hydrogens (tertiary/aromatic N) is 1. The average molecular weight is 363 g/mol. The van der Waals surface area contributed by atoms with E-state index in [4.69, 9.17) is 9.47 Å². The zero-order valence-corrected chi connectivity index (χ0v) is 16.1. The van der Waals surface area contributed by atoms with Gasteiger partial charge >= 0.3 is 0 Å². The molecule has 27 heavy (non-hydrogen) atoms. The quantitative estimate of drug-likeness (QED) is 0.765. The second kappa shape index (κ2) is 7.10. The van der Waals surface area contributed by atoms with Gasteiger partial charge in [0, 0.05) is 18.0 Å². The number of amides is 1. The van der Waals surface area contributed by atoms with Gasteiger partial charge in [-0.3, -0.25) is 4.79 Å². The molecule has 4 rings (SSSR count). The molecule has 0 aromatic heterocycles. The Balaban J connectivity index is 1.79. The molecule has 2 aliphatic heterocycles. The van der Waals surface area contributed by atoms with Crippen molar-refractivity contribution in [2.45, 2.75) is 31.7 Å². The first-order chi connectivity index (χ1) is 13.2. The lowest BCUT2D eigenvalue weighted by molar-refractivity contribution is -0.132. The Morgan fingerprint density at radius 1 is 1.07 bits per heavy atom. The number of carbonyl (C=O) groups excluding carboxylic acids is 1. The summed E-state index contributed by atoms with van der Waals surface area (Å²) in [6.07, 6.45) is 3.71. The molecule has 4 nitrogen and oxygen atoms in total. The summed E-state index contributed by atoms with van der Waals surface area (Å²) >= 11 is 0. The van der Waals surface area contributed by atoms with Crippen LogP contribution in [0.3, 0.4) is 0 Å². The van der Waals surface area contributed by atoms with Crippen molar-refractivity contribution in [3.8, 4) is 11.5 Å². The number of hydrogen-bond donors (Lipinski definition) is 0. The molecule has 2 aromatic carbocycles. The maximum atomic E-state index is 13.3. The molecule has 0 aliphatic carbocycles. The van der Waals surface area contributed by atoms with Crippen LogP contribution in [0.5, 0.6) is 11.5 Å². The number of allylic oxidation sites excluding steroid dienone is 1. The van der Waals surface area contributed by atoms with Crippen LogP contribution in [0.2, 0.25) is 0 Å². The van der Waals surface area contributed by atoms with Crippen molar-refractivity contribution in [2.75, 3.05) is 20.8 Å². The first-order valence-electron chi connectivity index (χ1n) is 9.44. The molecule has 0 radical (unpaired) electrons. The third kappa shape index (κ3) is 2.89. The fourth-order valence-electron chi connectivity index (χ4n) is 4.52. The zero-order valence-electron chi connectivity index (χ0n) is 16.1. The van der Waals surface area contributed by atoms with Crippen molar-refractivity contribution in [3.63, 3.8) is 0 Å². The Hall–Kier alpha value is -2.75. The van der Waals surface area contributed by atoms with Gasteiger partial charge in [-0.25, -0.2) is 0 Å². The highest BCUT2D eigenvalue weighted by molar-refractivity contribution is 5.96. The largest absolute Gasteiger partial charge is 0.493 e. The summed E-state index contributed by atoms with van der Waals surface area (Å²) in [4.78, 5) is 15.3. The summed E-state index contributed by atoms with van der Waals surface area (Å²) in [5, 5.41) is 0. The Bertz CT molecular complexity index is 888. The lowest BCUT2D eigenvalue weighted by atomic mass is 9.76. The van der Waals surface area contributed by atoms with E-state index in [0.29, 0.717) is 0 Å². The third-order valence-corrected chi connectivity index (χ3v) is 5.86. The SMILES string of the molecule is C/C=C1/C(=O)N2CCc3cc(OC)c(OC)cc3[C@@H]2C[C@H]1c1ccccc1. The van der Waals surface area contributed by atoms with Crippen molar-refractivity contribution in [1.82, 2.24) is 4.90 Å². The Morgan fingerprint density at radius 2 is 1.78 bits per heavy atom. The van der Waals surface area contributed by atoms with Crippen LogP contribution in [0, 0.1) is 0 Å². The molecule has 140 valence electrons. The van der Waals surface area contributed by atoms with Gasteiger partial charge in [-0.15, -0.1) is 0 Å². The van der Waals surface area contributed by atoms with Crippen LogP contribution in [-0.2, 0) is 11.2 Å². The highest BCUT2D eigenvalue weighted by Crippen LogP contribution is 2.47. The lowest BCUT2D eigenvalue weighted by Gasteiger charge is -2.44. The summed E-state index contributed by atoms with van der Waals surface area (Å²) in [6, 6.07) is 14.5. The highest BCUT2D eigenvalue weighted by atomic mass is 16.5.